The van der Waals surface area contributed by atoms with Crippen LogP contribution >= 0.6 is 11.6 Å². The molecule has 1 saturated carbocycles. The van der Waals surface area contributed by atoms with Crippen molar-refractivity contribution < 1.29 is 19.2 Å². The van der Waals surface area contributed by atoms with Gasteiger partial charge in [-0.2, -0.15) is 0 Å². The predicted octanol–water partition coefficient (Wildman–Crippen LogP) is 0.714. The van der Waals surface area contributed by atoms with Crippen LogP contribution in [0.15, 0.2) is 24.3 Å². The average Bonchev–Trinajstić information content (AvgIpc) is 2.60. The zero-order valence-corrected chi connectivity index (χ0v) is 14.7. The molecule has 1 fully saturated rings. The van der Waals surface area contributed by atoms with E-state index in [-0.39, 0.29) is 12.5 Å². The fourth-order valence-electron chi connectivity index (χ4n) is 2.89. The van der Waals surface area contributed by atoms with Crippen LogP contribution in [0.25, 0.3) is 0 Å². The van der Waals surface area contributed by atoms with E-state index < -0.39 is 5.91 Å². The number of quaternary nitrogens is 1. The van der Waals surface area contributed by atoms with Gasteiger partial charge in [0.2, 0.25) is 0 Å². The SMILES string of the molecule is C[NH+](CC(=O)NNC(=O)COc1ccc(Cl)cc1)C1CCCCC1. The maximum Gasteiger partial charge on any atom is 0.293 e. The van der Waals surface area contributed by atoms with Crippen LogP contribution < -0.4 is 20.5 Å². The summed E-state index contributed by atoms with van der Waals surface area (Å²) in [4.78, 5) is 24.8. The Morgan fingerprint density at radius 2 is 1.75 bits per heavy atom. The molecular weight excluding hydrogens is 330 g/mol. The molecule has 0 radical (unpaired) electrons. The Morgan fingerprint density at radius 1 is 1.12 bits per heavy atom. The number of benzene rings is 1. The molecule has 1 aromatic rings. The fraction of sp³-hybridized carbons (Fsp3) is 0.529. The minimum atomic E-state index is -0.409. The van der Waals surface area contributed by atoms with Crippen LogP contribution in [0.4, 0.5) is 0 Å². The Kier molecular flexibility index (Phi) is 7.34. The zero-order valence-electron chi connectivity index (χ0n) is 13.9. The number of halogens is 1. The van der Waals surface area contributed by atoms with Gasteiger partial charge in [-0.1, -0.05) is 18.0 Å². The van der Waals surface area contributed by atoms with E-state index in [1.165, 1.54) is 37.0 Å². The van der Waals surface area contributed by atoms with Gasteiger partial charge in [0.15, 0.2) is 13.2 Å². The molecule has 6 nitrogen and oxygen atoms in total. The van der Waals surface area contributed by atoms with Crippen molar-refractivity contribution >= 4 is 23.4 Å². The van der Waals surface area contributed by atoms with Gasteiger partial charge in [-0.25, -0.2) is 0 Å². The van der Waals surface area contributed by atoms with E-state index in [4.69, 9.17) is 16.3 Å². The molecule has 1 unspecified atom stereocenters. The maximum absolute atomic E-state index is 11.9. The van der Waals surface area contributed by atoms with Gasteiger partial charge in [-0.3, -0.25) is 20.4 Å². The first kappa shape index (κ1) is 18.5. The number of hydrazine groups is 1. The van der Waals surface area contributed by atoms with E-state index in [0.717, 1.165) is 0 Å². The minimum absolute atomic E-state index is 0.173. The second kappa shape index (κ2) is 9.49. The summed E-state index contributed by atoms with van der Waals surface area (Å²) in [5.74, 6) is -0.0612. The lowest BCUT2D eigenvalue weighted by Gasteiger charge is -2.27. The lowest BCUT2D eigenvalue weighted by molar-refractivity contribution is -0.899. The summed E-state index contributed by atoms with van der Waals surface area (Å²) in [5, 5.41) is 0.601. The maximum atomic E-state index is 11.9. The minimum Gasteiger partial charge on any atom is -0.484 e. The van der Waals surface area contributed by atoms with E-state index in [1.54, 1.807) is 24.3 Å². The van der Waals surface area contributed by atoms with Crippen LogP contribution in [-0.4, -0.2) is 38.1 Å². The molecular formula is C17H25ClN3O3+. The van der Waals surface area contributed by atoms with Crippen LogP contribution in [0.5, 0.6) is 5.75 Å². The summed E-state index contributed by atoms with van der Waals surface area (Å²) < 4.78 is 5.30. The highest BCUT2D eigenvalue weighted by atomic mass is 35.5. The van der Waals surface area contributed by atoms with Crippen molar-refractivity contribution in [2.75, 3.05) is 20.2 Å². The van der Waals surface area contributed by atoms with Crippen LogP contribution in [0.3, 0.4) is 0 Å². The van der Waals surface area contributed by atoms with Crippen molar-refractivity contribution in [3.8, 4) is 5.75 Å². The third-order valence-electron chi connectivity index (χ3n) is 4.27. The van der Waals surface area contributed by atoms with E-state index in [1.807, 2.05) is 7.05 Å². The molecule has 2 rings (SSSR count). The van der Waals surface area contributed by atoms with Gasteiger partial charge in [-0.15, -0.1) is 0 Å². The van der Waals surface area contributed by atoms with Crippen molar-refractivity contribution in [1.29, 1.82) is 0 Å². The quantitative estimate of drug-likeness (QED) is 0.659. The lowest BCUT2D eigenvalue weighted by Crippen LogP contribution is -3.14. The smallest absolute Gasteiger partial charge is 0.293 e. The van der Waals surface area contributed by atoms with Gasteiger partial charge in [0, 0.05) is 5.02 Å². The molecule has 0 aromatic heterocycles. The van der Waals surface area contributed by atoms with Crippen molar-refractivity contribution in [2.24, 2.45) is 0 Å². The number of carbonyl (C=O) groups excluding carboxylic acids is 2. The highest BCUT2D eigenvalue weighted by Gasteiger charge is 2.23. The third-order valence-corrected chi connectivity index (χ3v) is 4.52. The van der Waals surface area contributed by atoms with Gasteiger partial charge in [0.25, 0.3) is 11.8 Å². The molecule has 1 atom stereocenters. The highest BCUT2D eigenvalue weighted by molar-refractivity contribution is 6.30. The Hall–Kier alpha value is -1.79. The molecule has 132 valence electrons. The Balaban J connectivity index is 1.63. The van der Waals surface area contributed by atoms with Crippen molar-refractivity contribution in [3.05, 3.63) is 29.3 Å². The standard InChI is InChI=1S/C17H24ClN3O3/c1-21(14-5-3-2-4-6-14)11-16(22)19-20-17(23)12-24-15-9-7-13(18)8-10-15/h7-10,14H,2-6,11-12H2,1H3,(H,19,22)(H,20,23)/p+1. The van der Waals surface area contributed by atoms with E-state index in [9.17, 15) is 9.59 Å². The number of likely N-dealkylation sites (N-methyl/N-ethyl adjacent to an activating group) is 1. The van der Waals surface area contributed by atoms with Crippen molar-refractivity contribution in [2.45, 2.75) is 38.1 Å². The topological polar surface area (TPSA) is 71.9 Å². The summed E-state index contributed by atoms with van der Waals surface area (Å²) in [7, 11) is 2.03. The number of hydrogen-bond donors (Lipinski definition) is 3. The molecule has 0 saturated heterocycles. The monoisotopic (exact) mass is 354 g/mol. The second-order valence-electron chi connectivity index (χ2n) is 6.20. The third kappa shape index (κ3) is 6.37. The number of ether oxygens (including phenoxy) is 1. The molecule has 0 spiro atoms. The molecule has 1 aromatic carbocycles. The Bertz CT molecular complexity index is 545. The molecule has 0 heterocycles. The Labute approximate surface area is 147 Å². The number of amides is 2. The molecule has 3 N–H and O–H groups in total. The van der Waals surface area contributed by atoms with Gasteiger partial charge in [-0.05, 0) is 49.9 Å². The predicted molar refractivity (Wildman–Crippen MR) is 91.9 cm³/mol. The highest BCUT2D eigenvalue weighted by Crippen LogP contribution is 2.15. The number of nitrogens with one attached hydrogen (secondary N) is 3. The normalized spacial score (nSPS) is 16.2. The summed E-state index contributed by atoms with van der Waals surface area (Å²) in [5.41, 5.74) is 4.81. The zero-order chi connectivity index (χ0) is 17.4. The summed E-state index contributed by atoms with van der Waals surface area (Å²) in [6.45, 7) is 0.177. The largest absolute Gasteiger partial charge is 0.484 e. The second-order valence-corrected chi connectivity index (χ2v) is 6.63. The van der Waals surface area contributed by atoms with Crippen LogP contribution in [0.2, 0.25) is 5.02 Å². The number of hydrogen-bond acceptors (Lipinski definition) is 3. The number of carbonyl (C=O) groups is 2. The summed E-state index contributed by atoms with van der Waals surface area (Å²) in [6.07, 6.45) is 6.10. The Morgan fingerprint density at radius 3 is 2.42 bits per heavy atom. The van der Waals surface area contributed by atoms with Gasteiger partial charge < -0.3 is 9.64 Å². The molecule has 2 amide bonds. The lowest BCUT2D eigenvalue weighted by atomic mass is 9.94. The van der Waals surface area contributed by atoms with Crippen LogP contribution in [0, 0.1) is 0 Å². The van der Waals surface area contributed by atoms with Crippen molar-refractivity contribution in [1.82, 2.24) is 10.9 Å². The first-order valence-electron chi connectivity index (χ1n) is 8.33. The molecule has 0 aliphatic heterocycles. The summed E-state index contributed by atoms with van der Waals surface area (Å²) >= 11 is 5.77. The molecule has 1 aliphatic rings. The van der Waals surface area contributed by atoms with E-state index in [0.29, 0.717) is 23.4 Å². The average molecular weight is 355 g/mol. The van der Waals surface area contributed by atoms with E-state index in [2.05, 4.69) is 10.9 Å². The van der Waals surface area contributed by atoms with Gasteiger partial charge in [0.05, 0.1) is 13.1 Å². The van der Waals surface area contributed by atoms with Crippen LogP contribution in [-0.2, 0) is 9.59 Å². The van der Waals surface area contributed by atoms with Crippen molar-refractivity contribution in [3.63, 3.8) is 0 Å². The van der Waals surface area contributed by atoms with Crippen LogP contribution in [0.1, 0.15) is 32.1 Å². The molecule has 0 bridgehead atoms. The number of rotatable bonds is 6. The van der Waals surface area contributed by atoms with Gasteiger partial charge in [0.1, 0.15) is 5.75 Å². The molecule has 1 aliphatic carbocycles. The van der Waals surface area contributed by atoms with Gasteiger partial charge >= 0.3 is 0 Å². The van der Waals surface area contributed by atoms with E-state index >= 15 is 0 Å². The first-order valence-corrected chi connectivity index (χ1v) is 8.71. The fourth-order valence-corrected chi connectivity index (χ4v) is 3.02. The summed E-state index contributed by atoms with van der Waals surface area (Å²) in [6, 6.07) is 7.25. The first-order chi connectivity index (χ1) is 11.5. The molecule has 7 heteroatoms. The molecule has 24 heavy (non-hydrogen) atoms.